The number of likely N-dealkylation sites (tertiary alicyclic amines) is 1. The lowest BCUT2D eigenvalue weighted by molar-refractivity contribution is 0.0103. The zero-order valence-electron chi connectivity index (χ0n) is 16.6. The molecule has 156 valence electrons. The molecule has 0 radical (unpaired) electrons. The summed E-state index contributed by atoms with van der Waals surface area (Å²) < 4.78 is 31.8. The topological polar surface area (TPSA) is 55.6 Å². The first-order valence-corrected chi connectivity index (χ1v) is 9.81. The summed E-state index contributed by atoms with van der Waals surface area (Å²) in [6, 6.07) is 12.5. The minimum Gasteiger partial charge on any atom is -0.430 e. The second-order valence-corrected chi connectivity index (χ2v) is 7.32. The molecule has 3 rings (SSSR count). The maximum atomic E-state index is 13.3. The van der Waals surface area contributed by atoms with E-state index >= 15 is 0 Å². The fraction of sp³-hybridized carbons (Fsp3) is 0.292. The standard InChI is InChI=1S/C24H24F2N2O2/c1-2-24(30-23(27)29)13-16-28(17-14-24)15-3-4-22(18-5-9-20(25)10-6-18)19-7-11-21(26)12-8-19/h1,4-12H,3,13-17H2,(H2,27,29). The van der Waals surface area contributed by atoms with Gasteiger partial charge in [-0.1, -0.05) is 36.3 Å². The zero-order valence-corrected chi connectivity index (χ0v) is 16.6. The van der Waals surface area contributed by atoms with Crippen LogP contribution in [0.25, 0.3) is 5.57 Å². The van der Waals surface area contributed by atoms with E-state index < -0.39 is 11.7 Å². The number of carbonyl (C=O) groups is 1. The first kappa shape index (κ1) is 21.5. The number of nitrogens with zero attached hydrogens (tertiary/aromatic N) is 1. The molecular formula is C24H24F2N2O2. The molecule has 4 nitrogen and oxygen atoms in total. The number of nitrogens with two attached hydrogens (primary N) is 1. The number of ether oxygens (including phenoxy) is 1. The first-order chi connectivity index (χ1) is 14.4. The van der Waals surface area contributed by atoms with E-state index in [4.69, 9.17) is 16.9 Å². The van der Waals surface area contributed by atoms with E-state index in [9.17, 15) is 13.6 Å². The van der Waals surface area contributed by atoms with Crippen molar-refractivity contribution < 1.29 is 18.3 Å². The molecule has 1 aliphatic rings. The molecule has 1 saturated heterocycles. The molecule has 2 N–H and O–H groups in total. The smallest absolute Gasteiger partial charge is 0.406 e. The Kier molecular flexibility index (Phi) is 6.86. The SMILES string of the molecule is C#CC1(OC(N)=O)CCN(CCC=C(c2ccc(F)cc2)c2ccc(F)cc2)CC1. The fourth-order valence-corrected chi connectivity index (χ4v) is 3.66. The molecule has 6 heteroatoms. The molecule has 0 aromatic heterocycles. The molecule has 0 bridgehead atoms. The lowest BCUT2D eigenvalue weighted by Gasteiger charge is -2.37. The van der Waals surface area contributed by atoms with Crippen LogP contribution < -0.4 is 5.73 Å². The van der Waals surface area contributed by atoms with Crippen molar-refractivity contribution in [2.24, 2.45) is 5.73 Å². The molecular weight excluding hydrogens is 386 g/mol. The van der Waals surface area contributed by atoms with Crippen LogP contribution >= 0.6 is 0 Å². The van der Waals surface area contributed by atoms with Crippen LogP contribution in [0.4, 0.5) is 13.6 Å². The molecule has 1 heterocycles. The van der Waals surface area contributed by atoms with Gasteiger partial charge < -0.3 is 15.4 Å². The Bertz CT molecular complexity index is 891. The van der Waals surface area contributed by atoms with Gasteiger partial charge in [-0.2, -0.15) is 0 Å². The predicted molar refractivity (Wildman–Crippen MR) is 112 cm³/mol. The molecule has 0 spiro atoms. The van der Waals surface area contributed by atoms with Crippen LogP contribution in [0.1, 0.15) is 30.4 Å². The number of hydrogen-bond donors (Lipinski definition) is 1. The Morgan fingerprint density at radius 3 is 2.00 bits per heavy atom. The average molecular weight is 410 g/mol. The molecule has 0 atom stereocenters. The number of rotatable bonds is 6. The number of halogens is 2. The van der Waals surface area contributed by atoms with Gasteiger partial charge in [-0.15, -0.1) is 6.42 Å². The van der Waals surface area contributed by atoms with E-state index in [2.05, 4.69) is 16.9 Å². The molecule has 2 aromatic carbocycles. The van der Waals surface area contributed by atoms with Crippen LogP contribution in [0, 0.1) is 24.0 Å². The second-order valence-electron chi connectivity index (χ2n) is 7.32. The highest BCUT2D eigenvalue weighted by molar-refractivity contribution is 5.79. The molecule has 0 saturated carbocycles. The number of terminal acetylenes is 1. The fourth-order valence-electron chi connectivity index (χ4n) is 3.66. The Balaban J connectivity index is 1.68. The van der Waals surface area contributed by atoms with Crippen LogP contribution in [0.5, 0.6) is 0 Å². The lowest BCUT2D eigenvalue weighted by atomic mass is 9.91. The maximum Gasteiger partial charge on any atom is 0.406 e. The summed E-state index contributed by atoms with van der Waals surface area (Å²) in [5.41, 5.74) is 6.86. The van der Waals surface area contributed by atoms with Crippen molar-refractivity contribution in [1.82, 2.24) is 4.90 Å². The molecule has 1 fully saturated rings. The Morgan fingerprint density at radius 2 is 1.57 bits per heavy atom. The van der Waals surface area contributed by atoms with E-state index in [0.29, 0.717) is 25.9 Å². The third-order valence-corrected chi connectivity index (χ3v) is 5.33. The van der Waals surface area contributed by atoms with Gasteiger partial charge in [0.25, 0.3) is 0 Å². The highest BCUT2D eigenvalue weighted by atomic mass is 19.1. The minimum absolute atomic E-state index is 0.305. The molecule has 0 aliphatic carbocycles. The van der Waals surface area contributed by atoms with Crippen LogP contribution in [0.3, 0.4) is 0 Å². The summed E-state index contributed by atoms with van der Waals surface area (Å²) in [4.78, 5) is 13.3. The average Bonchev–Trinajstić information content (AvgIpc) is 2.74. The van der Waals surface area contributed by atoms with E-state index in [1.807, 2.05) is 0 Å². The number of amides is 1. The summed E-state index contributed by atoms with van der Waals surface area (Å²) in [6.07, 6.45) is 8.57. The summed E-state index contributed by atoms with van der Waals surface area (Å²) in [5.74, 6) is 1.96. The van der Waals surface area contributed by atoms with Crippen molar-refractivity contribution in [2.45, 2.75) is 24.9 Å². The highest BCUT2D eigenvalue weighted by Gasteiger charge is 2.35. The van der Waals surface area contributed by atoms with Crippen molar-refractivity contribution in [3.05, 3.63) is 77.4 Å². The summed E-state index contributed by atoms with van der Waals surface area (Å²) in [6.45, 7) is 2.16. The predicted octanol–water partition coefficient (Wildman–Crippen LogP) is 4.35. The van der Waals surface area contributed by atoms with Gasteiger partial charge in [0.05, 0.1) is 0 Å². The van der Waals surface area contributed by atoms with Gasteiger partial charge in [-0.25, -0.2) is 13.6 Å². The Morgan fingerprint density at radius 1 is 1.07 bits per heavy atom. The van der Waals surface area contributed by atoms with Gasteiger partial charge >= 0.3 is 6.09 Å². The van der Waals surface area contributed by atoms with Crippen molar-refractivity contribution in [1.29, 1.82) is 0 Å². The lowest BCUT2D eigenvalue weighted by Crippen LogP contribution is -2.47. The van der Waals surface area contributed by atoms with Crippen molar-refractivity contribution in [3.8, 4) is 12.3 Å². The molecule has 30 heavy (non-hydrogen) atoms. The van der Waals surface area contributed by atoms with E-state index in [1.54, 1.807) is 24.3 Å². The molecule has 1 amide bonds. The first-order valence-electron chi connectivity index (χ1n) is 9.81. The Hall–Kier alpha value is -3.17. The van der Waals surface area contributed by atoms with Crippen LogP contribution in [-0.4, -0.2) is 36.2 Å². The number of benzene rings is 2. The van der Waals surface area contributed by atoms with E-state index in [-0.39, 0.29) is 11.6 Å². The van der Waals surface area contributed by atoms with Gasteiger partial charge in [0.2, 0.25) is 0 Å². The minimum atomic E-state index is -0.925. The maximum absolute atomic E-state index is 13.3. The third-order valence-electron chi connectivity index (χ3n) is 5.33. The summed E-state index contributed by atoms with van der Waals surface area (Å²) in [5, 5.41) is 0. The molecule has 0 unspecified atom stereocenters. The number of primary amides is 1. The van der Waals surface area contributed by atoms with E-state index in [0.717, 1.165) is 29.7 Å². The van der Waals surface area contributed by atoms with Crippen LogP contribution in [0.15, 0.2) is 54.6 Å². The molecule has 1 aliphatic heterocycles. The van der Waals surface area contributed by atoms with Crippen molar-refractivity contribution in [2.75, 3.05) is 19.6 Å². The van der Waals surface area contributed by atoms with Crippen LogP contribution in [-0.2, 0) is 4.74 Å². The van der Waals surface area contributed by atoms with Crippen LogP contribution in [0.2, 0.25) is 0 Å². The van der Waals surface area contributed by atoms with Gasteiger partial charge in [0.15, 0.2) is 5.60 Å². The van der Waals surface area contributed by atoms with E-state index in [1.165, 1.54) is 24.3 Å². The zero-order chi connectivity index (χ0) is 21.6. The van der Waals surface area contributed by atoms with Gasteiger partial charge in [-0.3, -0.25) is 0 Å². The van der Waals surface area contributed by atoms with Gasteiger partial charge in [0, 0.05) is 32.5 Å². The molecule has 2 aromatic rings. The van der Waals surface area contributed by atoms with Crippen molar-refractivity contribution >= 4 is 11.7 Å². The summed E-state index contributed by atoms with van der Waals surface area (Å²) >= 11 is 0. The highest BCUT2D eigenvalue weighted by Crippen LogP contribution is 2.27. The second kappa shape index (κ2) is 9.55. The van der Waals surface area contributed by atoms with Gasteiger partial charge in [0.1, 0.15) is 11.6 Å². The monoisotopic (exact) mass is 410 g/mol. The number of hydrogen-bond acceptors (Lipinski definition) is 3. The quantitative estimate of drug-likeness (QED) is 0.721. The third kappa shape index (κ3) is 5.46. The number of carbonyl (C=O) groups excluding carboxylic acids is 1. The Labute approximate surface area is 175 Å². The largest absolute Gasteiger partial charge is 0.430 e. The number of piperidine rings is 1. The van der Waals surface area contributed by atoms with Crippen molar-refractivity contribution in [3.63, 3.8) is 0 Å². The summed E-state index contributed by atoms with van der Waals surface area (Å²) in [7, 11) is 0. The normalized spacial score (nSPS) is 15.8. The van der Waals surface area contributed by atoms with Gasteiger partial charge in [-0.05, 0) is 47.4 Å².